The Kier molecular flexibility index (Phi) is 7.07. The van der Waals surface area contributed by atoms with E-state index in [0.29, 0.717) is 30.8 Å². The summed E-state index contributed by atoms with van der Waals surface area (Å²) < 4.78 is 5.13. The van der Waals surface area contributed by atoms with Crippen molar-refractivity contribution in [3.8, 4) is 0 Å². The van der Waals surface area contributed by atoms with Gasteiger partial charge >= 0.3 is 5.97 Å². The second kappa shape index (κ2) is 9.28. The van der Waals surface area contributed by atoms with E-state index in [1.165, 1.54) is 11.8 Å². The monoisotopic (exact) mass is 357 g/mol. The first kappa shape index (κ1) is 19.1. The van der Waals surface area contributed by atoms with Crippen molar-refractivity contribution >= 4 is 23.6 Å². The van der Waals surface area contributed by atoms with Gasteiger partial charge in [-0.2, -0.15) is 0 Å². The van der Waals surface area contributed by atoms with Crippen molar-refractivity contribution in [1.82, 2.24) is 4.90 Å². The molecule has 132 valence electrons. The average molecular weight is 357 g/mol. The fourth-order valence-corrected chi connectivity index (χ4v) is 3.52. The van der Waals surface area contributed by atoms with Crippen LogP contribution in [0.25, 0.3) is 0 Å². The van der Waals surface area contributed by atoms with E-state index in [1.807, 2.05) is 56.3 Å². The number of rotatable bonds is 7. The zero-order valence-electron chi connectivity index (χ0n) is 14.8. The predicted molar refractivity (Wildman–Crippen MR) is 100 cm³/mol. The van der Waals surface area contributed by atoms with Crippen molar-refractivity contribution in [1.29, 1.82) is 0 Å². The first-order chi connectivity index (χ1) is 12.1. The Bertz CT molecular complexity index is 741. The summed E-state index contributed by atoms with van der Waals surface area (Å²) >= 11 is 1.41. The van der Waals surface area contributed by atoms with Crippen LogP contribution in [0.2, 0.25) is 0 Å². The molecule has 2 aromatic carbocycles. The zero-order valence-corrected chi connectivity index (χ0v) is 15.6. The van der Waals surface area contributed by atoms with Crippen LogP contribution in [0.15, 0.2) is 58.3 Å². The van der Waals surface area contributed by atoms with Gasteiger partial charge in [-0.25, -0.2) is 4.79 Å². The summed E-state index contributed by atoms with van der Waals surface area (Å²) in [6.07, 6.45) is 0. The van der Waals surface area contributed by atoms with Crippen LogP contribution in [0.3, 0.4) is 0 Å². The van der Waals surface area contributed by atoms with Crippen LogP contribution in [-0.2, 0) is 4.74 Å². The Morgan fingerprint density at radius 3 is 1.96 bits per heavy atom. The number of benzene rings is 2. The first-order valence-corrected chi connectivity index (χ1v) is 9.26. The van der Waals surface area contributed by atoms with Crippen LogP contribution < -0.4 is 0 Å². The molecule has 0 saturated heterocycles. The second-order valence-electron chi connectivity index (χ2n) is 5.29. The molecule has 0 heterocycles. The molecule has 2 rings (SSSR count). The van der Waals surface area contributed by atoms with E-state index in [2.05, 4.69) is 0 Å². The maximum absolute atomic E-state index is 12.8. The van der Waals surface area contributed by atoms with Crippen molar-refractivity contribution in [2.75, 3.05) is 19.7 Å². The highest BCUT2D eigenvalue weighted by Gasteiger charge is 2.19. The molecule has 0 aliphatic carbocycles. The normalized spacial score (nSPS) is 10.4. The highest BCUT2D eigenvalue weighted by molar-refractivity contribution is 7.99. The molecule has 0 unspecified atom stereocenters. The number of nitrogens with zero attached hydrogens (tertiary/aromatic N) is 1. The molecule has 0 radical (unpaired) electrons. The molecule has 0 spiro atoms. The van der Waals surface area contributed by atoms with Gasteiger partial charge in [0.15, 0.2) is 0 Å². The van der Waals surface area contributed by atoms with Gasteiger partial charge in [0.25, 0.3) is 5.91 Å². The maximum Gasteiger partial charge on any atom is 0.339 e. The molecule has 0 fully saturated rings. The summed E-state index contributed by atoms with van der Waals surface area (Å²) in [6.45, 7) is 7.36. The molecule has 5 heteroatoms. The molecule has 0 atom stereocenters. The lowest BCUT2D eigenvalue weighted by atomic mass is 10.2. The largest absolute Gasteiger partial charge is 0.462 e. The van der Waals surface area contributed by atoms with E-state index in [9.17, 15) is 9.59 Å². The summed E-state index contributed by atoms with van der Waals surface area (Å²) in [4.78, 5) is 28.3. The fourth-order valence-electron chi connectivity index (χ4n) is 2.47. The number of hydrogen-bond acceptors (Lipinski definition) is 4. The lowest BCUT2D eigenvalue weighted by Crippen LogP contribution is -2.30. The van der Waals surface area contributed by atoms with Crippen molar-refractivity contribution in [2.45, 2.75) is 30.6 Å². The topological polar surface area (TPSA) is 46.6 Å². The fraction of sp³-hybridized carbons (Fsp3) is 0.300. The highest BCUT2D eigenvalue weighted by Crippen LogP contribution is 2.33. The van der Waals surface area contributed by atoms with Crippen LogP contribution >= 0.6 is 11.8 Å². The number of carbonyl (C=O) groups excluding carboxylic acids is 2. The number of amides is 1. The third kappa shape index (κ3) is 4.63. The summed E-state index contributed by atoms with van der Waals surface area (Å²) in [5, 5.41) is 0. The van der Waals surface area contributed by atoms with Gasteiger partial charge in [-0.15, -0.1) is 0 Å². The van der Waals surface area contributed by atoms with E-state index in [4.69, 9.17) is 4.74 Å². The van der Waals surface area contributed by atoms with Gasteiger partial charge in [0, 0.05) is 22.9 Å². The number of hydrogen-bond donors (Lipinski definition) is 0. The van der Waals surface area contributed by atoms with E-state index >= 15 is 0 Å². The molecule has 2 aromatic rings. The quantitative estimate of drug-likeness (QED) is 0.685. The van der Waals surface area contributed by atoms with E-state index in [1.54, 1.807) is 17.9 Å². The zero-order chi connectivity index (χ0) is 18.2. The maximum atomic E-state index is 12.8. The van der Waals surface area contributed by atoms with Crippen molar-refractivity contribution < 1.29 is 14.3 Å². The van der Waals surface area contributed by atoms with Gasteiger partial charge in [0.05, 0.1) is 17.7 Å². The second-order valence-corrected chi connectivity index (χ2v) is 6.38. The molecule has 0 aliphatic rings. The molecule has 0 bridgehead atoms. The van der Waals surface area contributed by atoms with Gasteiger partial charge in [-0.05, 0) is 45.0 Å². The molecular weight excluding hydrogens is 334 g/mol. The third-order valence-electron chi connectivity index (χ3n) is 3.77. The lowest BCUT2D eigenvalue weighted by Gasteiger charge is -2.20. The smallest absolute Gasteiger partial charge is 0.339 e. The molecule has 25 heavy (non-hydrogen) atoms. The Balaban J connectivity index is 2.37. The standard InChI is InChI=1S/C20H23NO3S/c1-4-21(5-2)19(22)15-11-7-9-13-17(15)25-18-14-10-8-12-16(18)20(23)24-6-3/h7-14H,4-6H2,1-3H3. The summed E-state index contributed by atoms with van der Waals surface area (Å²) in [5.41, 5.74) is 1.16. The van der Waals surface area contributed by atoms with Gasteiger partial charge in [0.1, 0.15) is 0 Å². The SMILES string of the molecule is CCOC(=O)c1ccccc1Sc1ccccc1C(=O)N(CC)CC. The van der Waals surface area contributed by atoms with Crippen molar-refractivity contribution in [2.24, 2.45) is 0 Å². The van der Waals surface area contributed by atoms with Gasteiger partial charge in [-0.1, -0.05) is 36.0 Å². The Hall–Kier alpha value is -2.27. The van der Waals surface area contributed by atoms with Gasteiger partial charge in [-0.3, -0.25) is 4.79 Å². The highest BCUT2D eigenvalue weighted by atomic mass is 32.2. The minimum absolute atomic E-state index is 0.00159. The predicted octanol–water partition coefficient (Wildman–Crippen LogP) is 4.50. The van der Waals surface area contributed by atoms with E-state index in [-0.39, 0.29) is 11.9 Å². The van der Waals surface area contributed by atoms with Crippen molar-refractivity contribution in [3.63, 3.8) is 0 Å². The van der Waals surface area contributed by atoms with Crippen molar-refractivity contribution in [3.05, 3.63) is 59.7 Å². The molecule has 0 saturated carbocycles. The number of carbonyl (C=O) groups is 2. The van der Waals surface area contributed by atoms with Gasteiger partial charge in [0.2, 0.25) is 0 Å². The molecule has 4 nitrogen and oxygen atoms in total. The van der Waals surface area contributed by atoms with Crippen LogP contribution in [0.5, 0.6) is 0 Å². The van der Waals surface area contributed by atoms with Crippen LogP contribution in [0.1, 0.15) is 41.5 Å². The molecule has 0 N–H and O–H groups in total. The minimum Gasteiger partial charge on any atom is -0.462 e. The van der Waals surface area contributed by atoms with Crippen LogP contribution in [0.4, 0.5) is 0 Å². The van der Waals surface area contributed by atoms with E-state index in [0.717, 1.165) is 9.79 Å². The molecule has 0 aromatic heterocycles. The number of esters is 1. The Morgan fingerprint density at radius 1 is 0.880 bits per heavy atom. The van der Waals surface area contributed by atoms with Crippen LogP contribution in [0, 0.1) is 0 Å². The Morgan fingerprint density at radius 2 is 1.40 bits per heavy atom. The summed E-state index contributed by atoms with van der Waals surface area (Å²) in [7, 11) is 0. The lowest BCUT2D eigenvalue weighted by molar-refractivity contribution is 0.0522. The minimum atomic E-state index is -0.349. The number of ether oxygens (including phenoxy) is 1. The summed E-state index contributed by atoms with van der Waals surface area (Å²) in [6, 6.07) is 14.8. The van der Waals surface area contributed by atoms with Crippen LogP contribution in [-0.4, -0.2) is 36.5 Å². The molecule has 1 amide bonds. The van der Waals surface area contributed by atoms with E-state index < -0.39 is 0 Å². The summed E-state index contributed by atoms with van der Waals surface area (Å²) in [5.74, 6) is -0.347. The van der Waals surface area contributed by atoms with Gasteiger partial charge < -0.3 is 9.64 Å². The average Bonchev–Trinajstić information content (AvgIpc) is 2.63. The molecule has 0 aliphatic heterocycles. The first-order valence-electron chi connectivity index (χ1n) is 8.44. The Labute approximate surface area is 153 Å². The third-order valence-corrected chi connectivity index (χ3v) is 4.92. The molecular formula is C20H23NO3S.